The first kappa shape index (κ1) is 33.6. The minimum Gasteiger partial charge on any atom is -0.309 e. The van der Waals surface area contributed by atoms with E-state index < -0.39 is 23.5 Å². The van der Waals surface area contributed by atoms with Gasteiger partial charge in [-0.3, -0.25) is 0 Å². The molecule has 50 heavy (non-hydrogen) atoms. The summed E-state index contributed by atoms with van der Waals surface area (Å²) < 4.78 is 93.6. The van der Waals surface area contributed by atoms with Gasteiger partial charge in [-0.1, -0.05) is 63.7 Å². The van der Waals surface area contributed by atoms with Gasteiger partial charge in [-0.15, -0.1) is 0 Å². The first-order valence-corrected chi connectivity index (χ1v) is 18.1. The van der Waals surface area contributed by atoms with Crippen LogP contribution in [0.15, 0.2) is 127 Å². The molecule has 0 aliphatic heterocycles. The largest absolute Gasteiger partial charge is 0.416 e. The molecule has 8 aromatic rings. The van der Waals surface area contributed by atoms with Crippen LogP contribution in [0.5, 0.6) is 0 Å². The lowest BCUT2D eigenvalue weighted by atomic mass is 9.96. The molecule has 0 radical (unpaired) electrons. The maximum absolute atomic E-state index is 14.5. The summed E-state index contributed by atoms with van der Waals surface area (Å²) in [5.41, 5.74) is 1.24. The van der Waals surface area contributed by atoms with Crippen molar-refractivity contribution in [2.45, 2.75) is 12.4 Å². The zero-order valence-corrected chi connectivity index (χ0v) is 31.4. The zero-order chi connectivity index (χ0) is 35.3. The second-order valence-corrected chi connectivity index (χ2v) is 15.4. The second kappa shape index (κ2) is 12.0. The molecule has 2 nitrogen and oxygen atoms in total. The van der Waals surface area contributed by atoms with Crippen LogP contribution in [0.2, 0.25) is 0 Å². The Bertz CT molecular complexity index is 2380. The molecule has 0 fully saturated rings. The van der Waals surface area contributed by atoms with E-state index in [2.05, 4.69) is 63.7 Å². The van der Waals surface area contributed by atoms with E-state index in [9.17, 15) is 26.3 Å². The van der Waals surface area contributed by atoms with Crippen LogP contribution in [0.4, 0.5) is 26.3 Å². The van der Waals surface area contributed by atoms with Gasteiger partial charge in [0.2, 0.25) is 0 Å². The highest BCUT2D eigenvalue weighted by atomic mass is 79.9. The zero-order valence-electron chi connectivity index (χ0n) is 25.1. The van der Waals surface area contributed by atoms with Crippen LogP contribution in [0.3, 0.4) is 0 Å². The Morgan fingerprint density at radius 2 is 0.640 bits per heavy atom. The highest BCUT2D eigenvalue weighted by molar-refractivity contribution is 9.11. The Hall–Kier alpha value is -3.58. The van der Waals surface area contributed by atoms with Crippen LogP contribution in [-0.4, -0.2) is 9.13 Å². The molecule has 0 bridgehead atoms. The molecule has 12 heteroatoms. The standard InChI is InChI=1S/C38H18Br4F6N2/c39-21-3-9-33-27(15-21)28-16-22(40)4-10-34(28)49(33)31-7-1-19(37(43,44)45)13-25(31)26-14-20(38(46,47)48)2-8-32(26)50-35-11-5-23(41)17-29(35)30-18-24(42)6-12-36(30)50/h1-18H. The van der Waals surface area contributed by atoms with Crippen LogP contribution >= 0.6 is 63.7 Å². The second-order valence-electron chi connectivity index (χ2n) is 11.8. The minimum absolute atomic E-state index is 0.0187. The minimum atomic E-state index is -4.77. The van der Waals surface area contributed by atoms with Gasteiger partial charge in [0.05, 0.1) is 44.6 Å². The molecule has 0 aliphatic rings. The third-order valence-electron chi connectivity index (χ3n) is 8.80. The van der Waals surface area contributed by atoms with Crippen molar-refractivity contribution in [3.8, 4) is 22.5 Å². The van der Waals surface area contributed by atoms with Gasteiger partial charge in [0.1, 0.15) is 0 Å². The molecule has 0 aliphatic carbocycles. The van der Waals surface area contributed by atoms with E-state index in [0.29, 0.717) is 22.1 Å². The van der Waals surface area contributed by atoms with Crippen LogP contribution < -0.4 is 0 Å². The number of alkyl halides is 6. The van der Waals surface area contributed by atoms with Crippen molar-refractivity contribution >= 4 is 107 Å². The molecule has 2 aromatic heterocycles. The van der Waals surface area contributed by atoms with Crippen molar-refractivity contribution in [3.05, 3.63) is 138 Å². The molecule has 0 atom stereocenters. The summed E-state index contributed by atoms with van der Waals surface area (Å²) in [6.07, 6.45) is -9.53. The quantitative estimate of drug-likeness (QED) is 0.156. The number of hydrogen-bond acceptors (Lipinski definition) is 0. The third-order valence-corrected chi connectivity index (χ3v) is 10.8. The third kappa shape index (κ3) is 5.59. The van der Waals surface area contributed by atoms with Gasteiger partial charge in [-0.05, 0) is 109 Å². The van der Waals surface area contributed by atoms with Crippen molar-refractivity contribution in [1.82, 2.24) is 9.13 Å². The van der Waals surface area contributed by atoms with Gasteiger partial charge in [0.25, 0.3) is 0 Å². The molecule has 0 amide bonds. The highest BCUT2D eigenvalue weighted by Crippen LogP contribution is 2.45. The summed E-state index contributed by atoms with van der Waals surface area (Å²) in [5.74, 6) is 0. The van der Waals surface area contributed by atoms with Crippen LogP contribution in [0.1, 0.15) is 11.1 Å². The fourth-order valence-electron chi connectivity index (χ4n) is 6.70. The Kier molecular flexibility index (Phi) is 8.05. The van der Waals surface area contributed by atoms with Crippen LogP contribution in [0, 0.1) is 0 Å². The van der Waals surface area contributed by atoms with E-state index in [1.807, 2.05) is 81.9 Å². The van der Waals surface area contributed by atoms with Crippen molar-refractivity contribution in [1.29, 1.82) is 0 Å². The van der Waals surface area contributed by atoms with E-state index in [4.69, 9.17) is 0 Å². The van der Waals surface area contributed by atoms with E-state index in [1.54, 1.807) is 0 Å². The fourth-order valence-corrected chi connectivity index (χ4v) is 8.15. The van der Waals surface area contributed by atoms with Gasteiger partial charge in [0.15, 0.2) is 0 Å². The summed E-state index contributed by atoms with van der Waals surface area (Å²) in [7, 11) is 0. The van der Waals surface area contributed by atoms with Crippen molar-refractivity contribution < 1.29 is 26.3 Å². The fraction of sp³-hybridized carbons (Fsp3) is 0.0526. The first-order chi connectivity index (χ1) is 23.7. The van der Waals surface area contributed by atoms with Crippen molar-refractivity contribution in [3.63, 3.8) is 0 Å². The van der Waals surface area contributed by atoms with Gasteiger partial charge in [0, 0.05) is 50.6 Å². The number of hydrogen-bond donors (Lipinski definition) is 0. The number of nitrogens with zero attached hydrogens (tertiary/aromatic N) is 2. The van der Waals surface area contributed by atoms with Crippen molar-refractivity contribution in [2.24, 2.45) is 0 Å². The maximum Gasteiger partial charge on any atom is 0.416 e. The predicted octanol–water partition coefficient (Wildman–Crippen LogP) is 14.6. The molecular weight excluding hydrogens is 918 g/mol. The van der Waals surface area contributed by atoms with E-state index in [1.165, 1.54) is 12.1 Å². The lowest BCUT2D eigenvalue weighted by molar-refractivity contribution is -0.138. The predicted molar refractivity (Wildman–Crippen MR) is 201 cm³/mol. The number of halogens is 10. The molecule has 8 rings (SSSR count). The Balaban J connectivity index is 1.55. The van der Waals surface area contributed by atoms with E-state index >= 15 is 0 Å². The summed E-state index contributed by atoms with van der Waals surface area (Å²) in [6, 6.07) is 28.8. The van der Waals surface area contributed by atoms with E-state index in [0.717, 1.165) is 63.7 Å². The maximum atomic E-state index is 14.5. The molecule has 250 valence electrons. The molecule has 0 saturated carbocycles. The monoisotopic (exact) mass is 932 g/mol. The number of benzene rings is 6. The number of fused-ring (bicyclic) bond motifs is 6. The summed E-state index contributed by atoms with van der Waals surface area (Å²) in [6.45, 7) is 0. The normalized spacial score (nSPS) is 12.6. The molecule has 2 heterocycles. The molecule has 0 unspecified atom stereocenters. The van der Waals surface area contributed by atoms with Crippen LogP contribution in [-0.2, 0) is 12.4 Å². The molecular formula is C38H18Br4F6N2. The van der Waals surface area contributed by atoms with Gasteiger partial charge in [-0.2, -0.15) is 26.3 Å². The SMILES string of the molecule is FC(F)(F)c1ccc(-n2c3ccc(Br)cc3c3cc(Br)ccc32)c(-c2cc(C(F)(F)F)ccc2-n2c3ccc(Br)cc3c3cc(Br)ccc32)c1. The Morgan fingerprint density at radius 1 is 0.360 bits per heavy atom. The summed E-state index contributed by atoms with van der Waals surface area (Å²) >= 11 is 14.1. The van der Waals surface area contributed by atoms with Gasteiger partial charge < -0.3 is 9.13 Å². The lowest BCUT2D eigenvalue weighted by Gasteiger charge is -2.21. The molecule has 0 N–H and O–H groups in total. The van der Waals surface area contributed by atoms with Crippen LogP contribution in [0.25, 0.3) is 66.1 Å². The molecule has 6 aromatic carbocycles. The molecule has 0 saturated heterocycles. The van der Waals surface area contributed by atoms with Gasteiger partial charge in [-0.25, -0.2) is 0 Å². The molecule has 0 spiro atoms. The smallest absolute Gasteiger partial charge is 0.309 e. The number of aromatic nitrogens is 2. The van der Waals surface area contributed by atoms with E-state index in [-0.39, 0.29) is 22.5 Å². The topological polar surface area (TPSA) is 9.86 Å². The first-order valence-electron chi connectivity index (χ1n) is 14.9. The highest BCUT2D eigenvalue weighted by Gasteiger charge is 2.35. The van der Waals surface area contributed by atoms with Crippen molar-refractivity contribution in [2.75, 3.05) is 0 Å². The lowest BCUT2D eigenvalue weighted by Crippen LogP contribution is -2.10. The summed E-state index contributed by atoms with van der Waals surface area (Å²) in [4.78, 5) is 0. The van der Waals surface area contributed by atoms with Gasteiger partial charge >= 0.3 is 12.4 Å². The Labute approximate surface area is 313 Å². The number of rotatable bonds is 3. The summed E-state index contributed by atoms with van der Waals surface area (Å²) in [5, 5.41) is 3.24. The average molecular weight is 936 g/mol. The Morgan fingerprint density at radius 3 is 0.900 bits per heavy atom. The average Bonchev–Trinajstić information content (AvgIpc) is 3.54.